The van der Waals surface area contributed by atoms with Gasteiger partial charge in [0.2, 0.25) is 0 Å². The second kappa shape index (κ2) is 7.23. The zero-order chi connectivity index (χ0) is 16.2. The molecular weight excluding hydrogens is 286 g/mol. The minimum atomic E-state index is 0.246. The number of fused-ring (bicyclic) bond motifs is 1. The van der Waals surface area contributed by atoms with Crippen LogP contribution < -0.4 is 10.2 Å². The molecule has 1 atom stereocenters. The Kier molecular flexibility index (Phi) is 5.08. The summed E-state index contributed by atoms with van der Waals surface area (Å²) in [5.74, 6) is 2.00. The van der Waals surface area contributed by atoms with Crippen LogP contribution in [-0.2, 0) is 0 Å². The molecule has 1 aromatic carbocycles. The third-order valence-corrected chi connectivity index (χ3v) is 4.74. The van der Waals surface area contributed by atoms with Gasteiger partial charge in [0.1, 0.15) is 11.6 Å². The molecule has 23 heavy (non-hydrogen) atoms. The Bertz CT molecular complexity index is 647. The average Bonchev–Trinajstić information content (AvgIpc) is 2.62. The van der Waals surface area contributed by atoms with Gasteiger partial charge < -0.3 is 10.2 Å². The van der Waals surface area contributed by atoms with Crippen LogP contribution in [0.5, 0.6) is 0 Å². The van der Waals surface area contributed by atoms with Gasteiger partial charge in [-0.1, -0.05) is 12.1 Å². The fourth-order valence-electron chi connectivity index (χ4n) is 3.26. The molecule has 0 bridgehead atoms. The van der Waals surface area contributed by atoms with E-state index in [0.717, 1.165) is 61.8 Å². The Balaban J connectivity index is 2.03. The molecule has 1 fully saturated rings. The molecule has 0 amide bonds. The lowest BCUT2D eigenvalue weighted by molar-refractivity contribution is 0.179. The fourth-order valence-corrected chi connectivity index (χ4v) is 3.26. The number of nitrogens with zero attached hydrogens (tertiary/aromatic N) is 4. The number of benzene rings is 1. The summed E-state index contributed by atoms with van der Waals surface area (Å²) in [5.41, 5.74) is 1.04. The minimum absolute atomic E-state index is 0.246. The van der Waals surface area contributed by atoms with Crippen molar-refractivity contribution in [1.29, 1.82) is 0 Å². The van der Waals surface area contributed by atoms with Crippen LogP contribution >= 0.6 is 0 Å². The summed E-state index contributed by atoms with van der Waals surface area (Å²) in [6, 6.07) is 8.59. The number of para-hydroxylation sites is 1. The topological polar surface area (TPSA) is 44.3 Å². The SMILES string of the molecule is CCN(CC)c1nc(C(C)N2CCNCC2)nc2ccccc12. The highest BCUT2D eigenvalue weighted by Gasteiger charge is 2.22. The van der Waals surface area contributed by atoms with Crippen LogP contribution in [0.1, 0.15) is 32.6 Å². The highest BCUT2D eigenvalue weighted by atomic mass is 15.2. The van der Waals surface area contributed by atoms with E-state index in [9.17, 15) is 0 Å². The zero-order valence-corrected chi connectivity index (χ0v) is 14.4. The van der Waals surface area contributed by atoms with Gasteiger partial charge in [0.15, 0.2) is 0 Å². The van der Waals surface area contributed by atoms with Gasteiger partial charge in [-0.15, -0.1) is 0 Å². The second-order valence-corrected chi connectivity index (χ2v) is 6.06. The van der Waals surface area contributed by atoms with Crippen LogP contribution in [-0.4, -0.2) is 54.1 Å². The third kappa shape index (κ3) is 3.31. The summed E-state index contributed by atoms with van der Waals surface area (Å²) in [5, 5.41) is 4.55. The van der Waals surface area contributed by atoms with E-state index in [1.807, 2.05) is 0 Å². The Morgan fingerprint density at radius 3 is 2.52 bits per heavy atom. The maximum atomic E-state index is 4.97. The Labute approximate surface area is 138 Å². The lowest BCUT2D eigenvalue weighted by Gasteiger charge is -2.32. The molecule has 0 spiro atoms. The molecule has 3 rings (SSSR count). The molecule has 0 radical (unpaired) electrons. The summed E-state index contributed by atoms with van der Waals surface area (Å²) in [4.78, 5) is 14.6. The van der Waals surface area contributed by atoms with Crippen molar-refractivity contribution < 1.29 is 0 Å². The van der Waals surface area contributed by atoms with E-state index in [2.05, 4.69) is 60.2 Å². The van der Waals surface area contributed by atoms with Crippen LogP contribution in [0.4, 0.5) is 5.82 Å². The van der Waals surface area contributed by atoms with E-state index < -0.39 is 0 Å². The lowest BCUT2D eigenvalue weighted by atomic mass is 10.2. The molecule has 1 saturated heterocycles. The smallest absolute Gasteiger partial charge is 0.148 e. The predicted octanol–water partition coefficient (Wildman–Crippen LogP) is 2.44. The first-order valence-corrected chi connectivity index (χ1v) is 8.71. The molecule has 1 aliphatic rings. The van der Waals surface area contributed by atoms with E-state index >= 15 is 0 Å². The molecule has 1 aliphatic heterocycles. The summed E-state index contributed by atoms with van der Waals surface area (Å²) < 4.78 is 0. The maximum Gasteiger partial charge on any atom is 0.148 e. The van der Waals surface area contributed by atoms with Gasteiger partial charge in [0.05, 0.1) is 11.6 Å². The molecule has 0 saturated carbocycles. The van der Waals surface area contributed by atoms with Gasteiger partial charge >= 0.3 is 0 Å². The number of anilines is 1. The fraction of sp³-hybridized carbons (Fsp3) is 0.556. The van der Waals surface area contributed by atoms with Crippen molar-refractivity contribution >= 4 is 16.7 Å². The van der Waals surface area contributed by atoms with Crippen LogP contribution in [0.2, 0.25) is 0 Å². The second-order valence-electron chi connectivity index (χ2n) is 6.06. The van der Waals surface area contributed by atoms with E-state index in [1.54, 1.807) is 0 Å². The first-order chi connectivity index (χ1) is 11.2. The number of hydrogen-bond donors (Lipinski definition) is 1. The molecule has 124 valence electrons. The average molecular weight is 313 g/mol. The van der Waals surface area contributed by atoms with Gasteiger partial charge in [0, 0.05) is 44.7 Å². The van der Waals surface area contributed by atoms with Crippen molar-refractivity contribution in [1.82, 2.24) is 20.2 Å². The predicted molar refractivity (Wildman–Crippen MR) is 96.0 cm³/mol. The lowest BCUT2D eigenvalue weighted by Crippen LogP contribution is -2.44. The number of nitrogens with one attached hydrogen (secondary N) is 1. The standard InChI is InChI=1S/C18H27N5/c1-4-22(5-2)18-15-8-6-7-9-16(15)20-17(21-18)14(3)23-12-10-19-11-13-23/h6-9,14,19H,4-5,10-13H2,1-3H3. The molecule has 1 unspecified atom stereocenters. The molecule has 0 aliphatic carbocycles. The number of aromatic nitrogens is 2. The highest BCUT2D eigenvalue weighted by Crippen LogP contribution is 2.27. The Morgan fingerprint density at radius 1 is 1.13 bits per heavy atom. The quantitative estimate of drug-likeness (QED) is 0.918. The monoisotopic (exact) mass is 313 g/mol. The van der Waals surface area contributed by atoms with E-state index in [4.69, 9.17) is 9.97 Å². The molecule has 5 heteroatoms. The summed E-state index contributed by atoms with van der Waals surface area (Å²) in [6.45, 7) is 12.7. The van der Waals surface area contributed by atoms with Crippen molar-refractivity contribution in [2.24, 2.45) is 0 Å². The largest absolute Gasteiger partial charge is 0.357 e. The van der Waals surface area contributed by atoms with Crippen LogP contribution in [0, 0.1) is 0 Å². The van der Waals surface area contributed by atoms with Crippen molar-refractivity contribution in [3.63, 3.8) is 0 Å². The number of piperazine rings is 1. The molecular formula is C18H27N5. The molecule has 1 aromatic heterocycles. The van der Waals surface area contributed by atoms with Crippen LogP contribution in [0.25, 0.3) is 10.9 Å². The van der Waals surface area contributed by atoms with Gasteiger partial charge in [-0.3, -0.25) is 4.90 Å². The number of hydrogen-bond acceptors (Lipinski definition) is 5. The molecule has 1 N–H and O–H groups in total. The summed E-state index contributed by atoms with van der Waals surface area (Å²) >= 11 is 0. The van der Waals surface area contributed by atoms with Gasteiger partial charge in [-0.05, 0) is 32.9 Å². The molecule has 2 heterocycles. The summed E-state index contributed by atoms with van der Waals surface area (Å²) in [6.07, 6.45) is 0. The van der Waals surface area contributed by atoms with Gasteiger partial charge in [0.25, 0.3) is 0 Å². The van der Waals surface area contributed by atoms with Gasteiger partial charge in [-0.25, -0.2) is 9.97 Å². The van der Waals surface area contributed by atoms with Crippen molar-refractivity contribution in [3.8, 4) is 0 Å². The first-order valence-electron chi connectivity index (χ1n) is 8.71. The number of rotatable bonds is 5. The van der Waals surface area contributed by atoms with Gasteiger partial charge in [-0.2, -0.15) is 0 Å². The van der Waals surface area contributed by atoms with Crippen molar-refractivity contribution in [2.45, 2.75) is 26.8 Å². The van der Waals surface area contributed by atoms with E-state index in [-0.39, 0.29) is 6.04 Å². The van der Waals surface area contributed by atoms with Crippen LogP contribution in [0.3, 0.4) is 0 Å². The first kappa shape index (κ1) is 16.1. The molecule has 2 aromatic rings. The normalized spacial score (nSPS) is 17.3. The Morgan fingerprint density at radius 2 is 1.83 bits per heavy atom. The van der Waals surface area contributed by atoms with Crippen LogP contribution in [0.15, 0.2) is 24.3 Å². The van der Waals surface area contributed by atoms with E-state index in [0.29, 0.717) is 0 Å². The summed E-state index contributed by atoms with van der Waals surface area (Å²) in [7, 11) is 0. The minimum Gasteiger partial charge on any atom is -0.357 e. The molecule has 5 nitrogen and oxygen atoms in total. The van der Waals surface area contributed by atoms with E-state index in [1.165, 1.54) is 0 Å². The Hall–Kier alpha value is -1.72. The maximum absolute atomic E-state index is 4.97. The highest BCUT2D eigenvalue weighted by molar-refractivity contribution is 5.89. The van der Waals surface area contributed by atoms with Crippen molar-refractivity contribution in [2.75, 3.05) is 44.2 Å². The zero-order valence-electron chi connectivity index (χ0n) is 14.4. The third-order valence-electron chi connectivity index (χ3n) is 4.74. The van der Waals surface area contributed by atoms with Crippen molar-refractivity contribution in [3.05, 3.63) is 30.1 Å².